The molecule has 67 heavy (non-hydrogen) atoms. The molecular formula is C48H56BrF2N10O5P. The number of ether oxygens (including phenoxy) is 1. The zero-order chi connectivity index (χ0) is 47.6. The fourth-order valence-corrected chi connectivity index (χ4v) is 11.2. The molecule has 5 N–H and O–H groups in total. The van der Waals surface area contributed by atoms with Gasteiger partial charge in [-0.3, -0.25) is 24.7 Å². The minimum absolute atomic E-state index is 0.0205. The molecule has 5 heterocycles. The first-order valence-electron chi connectivity index (χ1n) is 22.7. The summed E-state index contributed by atoms with van der Waals surface area (Å²) in [6.45, 7) is 11.1. The summed E-state index contributed by atoms with van der Waals surface area (Å²) in [7, 11) is -1.11. The van der Waals surface area contributed by atoms with Crippen LogP contribution in [0.2, 0.25) is 0 Å². The second kappa shape index (κ2) is 20.3. The Bertz CT molecular complexity index is 2750. The molecular weight excluding hydrogens is 945 g/mol. The Morgan fingerprint density at radius 2 is 1.69 bits per heavy atom. The van der Waals surface area contributed by atoms with Gasteiger partial charge in [-0.2, -0.15) is 4.98 Å². The third-order valence-electron chi connectivity index (χ3n) is 12.8. The number of amides is 3. The predicted octanol–water partition coefficient (Wildman–Crippen LogP) is 7.40. The largest absolute Gasteiger partial charge is 0.494 e. The van der Waals surface area contributed by atoms with Crippen LogP contribution < -0.4 is 46.4 Å². The first kappa shape index (κ1) is 47.8. The summed E-state index contributed by atoms with van der Waals surface area (Å²) in [6.07, 6.45) is 6.68. The van der Waals surface area contributed by atoms with E-state index in [9.17, 15) is 18.9 Å². The van der Waals surface area contributed by atoms with Crippen molar-refractivity contribution in [1.29, 1.82) is 0 Å². The van der Waals surface area contributed by atoms with Crippen LogP contribution in [0.4, 0.5) is 43.3 Å². The number of anilines is 6. The molecule has 3 aromatic carbocycles. The number of aryl methyl sites for hydroxylation is 2. The highest BCUT2D eigenvalue weighted by Crippen LogP contribution is 2.43. The van der Waals surface area contributed by atoms with E-state index < -0.39 is 36.5 Å². The van der Waals surface area contributed by atoms with Gasteiger partial charge in [-0.25, -0.2) is 13.8 Å². The number of nitrogens with one attached hydrogen (secondary N) is 5. The van der Waals surface area contributed by atoms with Gasteiger partial charge in [0.05, 0.1) is 34.8 Å². The minimum atomic E-state index is -2.75. The number of benzene rings is 3. The van der Waals surface area contributed by atoms with E-state index in [1.807, 2.05) is 25.1 Å². The van der Waals surface area contributed by atoms with Crippen molar-refractivity contribution in [3.63, 3.8) is 0 Å². The molecule has 0 aliphatic carbocycles. The van der Waals surface area contributed by atoms with Crippen molar-refractivity contribution < 1.29 is 32.5 Å². The smallest absolute Gasteiger partial charge is 0.234 e. The first-order chi connectivity index (χ1) is 32.1. The van der Waals surface area contributed by atoms with Gasteiger partial charge in [-0.1, -0.05) is 13.0 Å². The average molecular weight is 1000 g/mol. The lowest BCUT2D eigenvalue weighted by atomic mass is 9.89. The van der Waals surface area contributed by atoms with E-state index in [4.69, 9.17) is 9.72 Å². The normalized spacial score (nSPS) is 18.0. The third-order valence-corrected chi connectivity index (χ3v) is 15.0. The standard InChI is InChI=1S/C48H56BrF2N10O5P/c1-6-28-20-39(57-48-55-25-35(49)45(59-48)56-38-9-7-29-19-27(2)54-24-34(29)44(38)67(4,5)65)41(66-3)23-40(28)60-17-12-31(13-18-60)52-14-15-53-46(63)30-11-16-61(26-30)32-21-36(50)43(37(51)22-32)33-8-10-42(62)58-47(33)64/h7,9,19-25,30-31,33,52H,6,8,10-18,26H2,1-5H3,(H,53,63)(H,58,62,64)(H2,55,56,57,59)/t30-,33-/m1/s1. The zero-order valence-electron chi connectivity index (χ0n) is 38.3. The molecule has 354 valence electrons. The lowest BCUT2D eigenvalue weighted by molar-refractivity contribution is -0.134. The molecule has 0 spiro atoms. The highest BCUT2D eigenvalue weighted by molar-refractivity contribution is 9.10. The molecule has 15 nitrogen and oxygen atoms in total. The highest BCUT2D eigenvalue weighted by atomic mass is 79.9. The van der Waals surface area contributed by atoms with Crippen LogP contribution in [0.25, 0.3) is 10.8 Å². The van der Waals surface area contributed by atoms with Gasteiger partial charge >= 0.3 is 0 Å². The summed E-state index contributed by atoms with van der Waals surface area (Å²) >= 11 is 3.60. The van der Waals surface area contributed by atoms with Crippen LogP contribution in [0.1, 0.15) is 61.8 Å². The molecule has 3 aliphatic rings. The molecule has 0 bridgehead atoms. The van der Waals surface area contributed by atoms with E-state index in [1.54, 1.807) is 37.7 Å². The van der Waals surface area contributed by atoms with Crippen LogP contribution in [0.3, 0.4) is 0 Å². The topological polar surface area (TPSA) is 183 Å². The summed E-state index contributed by atoms with van der Waals surface area (Å²) in [5.74, 6) is -2.81. The maximum absolute atomic E-state index is 15.2. The first-order valence-corrected chi connectivity index (χ1v) is 26.1. The van der Waals surface area contributed by atoms with Crippen molar-refractivity contribution in [2.45, 2.75) is 64.3 Å². The second-order valence-electron chi connectivity index (χ2n) is 17.8. The number of methoxy groups -OCH3 is 1. The monoisotopic (exact) mass is 1000 g/mol. The van der Waals surface area contributed by atoms with Gasteiger partial charge in [0, 0.05) is 104 Å². The van der Waals surface area contributed by atoms with Gasteiger partial charge in [0.1, 0.15) is 30.3 Å². The van der Waals surface area contributed by atoms with Crippen LogP contribution in [0.5, 0.6) is 5.75 Å². The van der Waals surface area contributed by atoms with Crippen LogP contribution in [0.15, 0.2) is 59.3 Å². The lowest BCUT2D eigenvalue weighted by Crippen LogP contribution is -2.45. The number of aromatic nitrogens is 3. The van der Waals surface area contributed by atoms with Gasteiger partial charge in [-0.15, -0.1) is 0 Å². The van der Waals surface area contributed by atoms with E-state index in [2.05, 4.69) is 76.4 Å². The Morgan fingerprint density at radius 1 is 0.940 bits per heavy atom. The number of hydrogen-bond acceptors (Lipinski definition) is 13. The van der Waals surface area contributed by atoms with Crippen molar-refractivity contribution in [3.05, 3.63) is 87.8 Å². The highest BCUT2D eigenvalue weighted by Gasteiger charge is 2.35. The SMILES string of the molecule is CCc1cc(Nc2ncc(Br)c(Nc3ccc4cc(C)ncc4c3P(C)(C)=O)n2)c(OC)cc1N1CCC(NCCNC(=O)[C@@H]2CCN(c3cc(F)c([C@H]4CCC(=O)NC4=O)c(F)c3)C2)CC1. The summed E-state index contributed by atoms with van der Waals surface area (Å²) < 4.78 is 50.5. The number of pyridine rings is 1. The fourth-order valence-electron chi connectivity index (χ4n) is 9.41. The van der Waals surface area contributed by atoms with Gasteiger partial charge in [-0.05, 0) is 110 Å². The molecule has 3 aliphatic heterocycles. The Labute approximate surface area is 397 Å². The van der Waals surface area contributed by atoms with Gasteiger partial charge < -0.3 is 40.4 Å². The molecule has 3 amide bonds. The maximum atomic E-state index is 15.2. The Morgan fingerprint density at radius 3 is 2.39 bits per heavy atom. The lowest BCUT2D eigenvalue weighted by Gasteiger charge is -2.35. The van der Waals surface area contributed by atoms with Gasteiger partial charge in [0.25, 0.3) is 0 Å². The molecule has 3 fully saturated rings. The summed E-state index contributed by atoms with van der Waals surface area (Å²) in [6, 6.07) is 12.7. The van der Waals surface area contributed by atoms with Crippen molar-refractivity contribution in [1.82, 2.24) is 30.9 Å². The number of rotatable bonds is 15. The van der Waals surface area contributed by atoms with Crippen LogP contribution in [-0.2, 0) is 25.4 Å². The number of imide groups is 1. The number of nitrogens with zero attached hydrogens (tertiary/aromatic N) is 5. The van der Waals surface area contributed by atoms with Gasteiger partial charge in [0.2, 0.25) is 23.7 Å². The minimum Gasteiger partial charge on any atom is -0.494 e. The van der Waals surface area contributed by atoms with E-state index in [1.165, 1.54) is 12.1 Å². The number of halogens is 3. The molecule has 0 radical (unpaired) electrons. The van der Waals surface area contributed by atoms with E-state index in [-0.39, 0.29) is 36.3 Å². The average Bonchev–Trinajstić information content (AvgIpc) is 3.80. The Kier molecular flexibility index (Phi) is 14.4. The van der Waals surface area contributed by atoms with Crippen molar-refractivity contribution in [2.75, 3.05) is 80.1 Å². The van der Waals surface area contributed by atoms with E-state index >= 15 is 8.78 Å². The third kappa shape index (κ3) is 10.7. The molecule has 0 saturated carbocycles. The van der Waals surface area contributed by atoms with Crippen LogP contribution in [0, 0.1) is 24.5 Å². The van der Waals surface area contributed by atoms with Crippen LogP contribution in [-0.4, -0.2) is 98.4 Å². The van der Waals surface area contributed by atoms with Crippen LogP contribution >= 0.6 is 23.1 Å². The molecule has 3 saturated heterocycles. The molecule has 0 unspecified atom stereocenters. The van der Waals surface area contributed by atoms with Crippen molar-refractivity contribution >= 4 is 91.4 Å². The quantitative estimate of drug-likeness (QED) is 0.0398. The molecule has 2 atom stereocenters. The van der Waals surface area contributed by atoms with E-state index in [0.717, 1.165) is 65.8 Å². The molecule has 5 aromatic rings. The Hall–Kier alpha value is -5.71. The number of piperidine rings is 2. The zero-order valence-corrected chi connectivity index (χ0v) is 40.8. The molecule has 8 rings (SSSR count). The summed E-state index contributed by atoms with van der Waals surface area (Å²) in [4.78, 5) is 54.9. The number of carbonyl (C=O) groups excluding carboxylic acids is 3. The predicted molar refractivity (Wildman–Crippen MR) is 262 cm³/mol. The summed E-state index contributed by atoms with van der Waals surface area (Å²) in [5.41, 5.74) is 4.52. The number of carbonyl (C=O) groups is 3. The van der Waals surface area contributed by atoms with Gasteiger partial charge in [0.15, 0.2) is 0 Å². The second-order valence-corrected chi connectivity index (χ2v) is 21.8. The van der Waals surface area contributed by atoms with Crippen molar-refractivity contribution in [3.8, 4) is 5.75 Å². The maximum Gasteiger partial charge on any atom is 0.234 e. The molecule has 19 heteroatoms. The van der Waals surface area contributed by atoms with E-state index in [0.29, 0.717) is 71.3 Å². The number of hydrogen-bond donors (Lipinski definition) is 5. The fraction of sp³-hybridized carbons (Fsp3) is 0.417. The number of fused-ring (bicyclic) bond motifs is 1. The molecule has 2 aromatic heterocycles. The Balaban J connectivity index is 0.830. The van der Waals surface area contributed by atoms with Crippen molar-refractivity contribution in [2.24, 2.45) is 5.92 Å². The summed E-state index contributed by atoms with van der Waals surface area (Å²) in [5, 5.41) is 18.1.